The van der Waals surface area contributed by atoms with Crippen LogP contribution in [-0.4, -0.2) is 17.6 Å². The SMILES string of the molecule is N#CC(=C=N)C1(CC(=O)/C=C/c2ccccc2)C(=O)Nc2ccccc21. The number of anilines is 1. The molecule has 1 unspecified atom stereocenters. The second-order valence-corrected chi connectivity index (χ2v) is 5.90. The van der Waals surface area contributed by atoms with Crippen molar-refractivity contribution in [2.24, 2.45) is 0 Å². The average Bonchev–Trinajstić information content (AvgIpc) is 2.94. The molecule has 26 heavy (non-hydrogen) atoms. The first-order valence-electron chi connectivity index (χ1n) is 7.99. The summed E-state index contributed by atoms with van der Waals surface area (Å²) in [4.78, 5) is 25.3. The zero-order valence-electron chi connectivity index (χ0n) is 13.8. The molecule has 1 aliphatic heterocycles. The summed E-state index contributed by atoms with van der Waals surface area (Å²) in [6.45, 7) is 0. The van der Waals surface area contributed by atoms with Gasteiger partial charge in [-0.25, -0.2) is 0 Å². The minimum absolute atomic E-state index is 0.179. The van der Waals surface area contributed by atoms with Crippen molar-refractivity contribution in [3.8, 4) is 6.07 Å². The van der Waals surface area contributed by atoms with E-state index >= 15 is 0 Å². The third-order valence-electron chi connectivity index (χ3n) is 4.39. The van der Waals surface area contributed by atoms with Crippen molar-refractivity contribution in [2.45, 2.75) is 11.8 Å². The van der Waals surface area contributed by atoms with E-state index < -0.39 is 11.3 Å². The normalized spacial score (nSPS) is 17.9. The molecule has 2 aromatic rings. The zero-order valence-corrected chi connectivity index (χ0v) is 13.8. The van der Waals surface area contributed by atoms with Gasteiger partial charge in [0.2, 0.25) is 5.91 Å². The summed E-state index contributed by atoms with van der Waals surface area (Å²) in [5.74, 6) is 1.25. The van der Waals surface area contributed by atoms with Crippen LogP contribution in [-0.2, 0) is 15.0 Å². The third kappa shape index (κ3) is 2.86. The molecule has 2 N–H and O–H groups in total. The Morgan fingerprint density at radius 3 is 2.54 bits per heavy atom. The largest absolute Gasteiger partial charge is 0.325 e. The second-order valence-electron chi connectivity index (χ2n) is 5.90. The van der Waals surface area contributed by atoms with Crippen molar-refractivity contribution in [2.75, 3.05) is 5.32 Å². The van der Waals surface area contributed by atoms with Crippen LogP contribution in [0.25, 0.3) is 6.08 Å². The van der Waals surface area contributed by atoms with Crippen molar-refractivity contribution in [3.63, 3.8) is 0 Å². The van der Waals surface area contributed by atoms with Gasteiger partial charge in [-0.05, 0) is 29.1 Å². The van der Waals surface area contributed by atoms with Gasteiger partial charge in [-0.3, -0.25) is 15.0 Å². The molecule has 0 fully saturated rings. The summed E-state index contributed by atoms with van der Waals surface area (Å²) in [6.07, 6.45) is 2.81. The van der Waals surface area contributed by atoms with Crippen molar-refractivity contribution < 1.29 is 9.59 Å². The van der Waals surface area contributed by atoms with Crippen LogP contribution in [0.2, 0.25) is 0 Å². The molecule has 0 saturated heterocycles. The summed E-state index contributed by atoms with van der Waals surface area (Å²) in [7, 11) is 0. The number of nitrogens with zero attached hydrogens (tertiary/aromatic N) is 1. The first-order chi connectivity index (χ1) is 12.6. The minimum Gasteiger partial charge on any atom is -0.325 e. The number of amides is 1. The van der Waals surface area contributed by atoms with Gasteiger partial charge >= 0.3 is 0 Å². The van der Waals surface area contributed by atoms with Gasteiger partial charge in [0.25, 0.3) is 0 Å². The average molecular weight is 341 g/mol. The van der Waals surface area contributed by atoms with E-state index in [4.69, 9.17) is 5.41 Å². The van der Waals surface area contributed by atoms with Gasteiger partial charge in [0.15, 0.2) is 5.78 Å². The fourth-order valence-corrected chi connectivity index (χ4v) is 3.13. The van der Waals surface area contributed by atoms with Crippen LogP contribution in [0.15, 0.2) is 66.2 Å². The standard InChI is InChI=1S/C21H15N3O2/c22-13-16(14-23)21(18-8-4-5-9-19(18)24-20(21)26)12-17(25)11-10-15-6-2-1-3-7-15/h1-11,22H,12H2,(H,24,26)/b11-10+. The van der Waals surface area contributed by atoms with E-state index in [1.165, 1.54) is 6.08 Å². The summed E-state index contributed by atoms with van der Waals surface area (Å²) >= 11 is 0. The zero-order chi connectivity index (χ0) is 18.6. The van der Waals surface area contributed by atoms with Crippen LogP contribution in [0.1, 0.15) is 17.5 Å². The summed E-state index contributed by atoms with van der Waals surface area (Å²) in [5, 5.41) is 19.6. The number of ketones is 1. The Balaban J connectivity index is 2.01. The molecule has 126 valence electrons. The van der Waals surface area contributed by atoms with Crippen LogP contribution in [0, 0.1) is 16.7 Å². The van der Waals surface area contributed by atoms with Crippen LogP contribution in [0.3, 0.4) is 0 Å². The third-order valence-corrected chi connectivity index (χ3v) is 4.39. The lowest BCUT2D eigenvalue weighted by atomic mass is 9.72. The molecule has 1 aliphatic rings. The van der Waals surface area contributed by atoms with Crippen LogP contribution < -0.4 is 5.32 Å². The van der Waals surface area contributed by atoms with Gasteiger partial charge in [-0.2, -0.15) is 5.26 Å². The lowest BCUT2D eigenvalue weighted by molar-refractivity contribution is -0.124. The first-order valence-corrected chi connectivity index (χ1v) is 7.99. The molecule has 0 aromatic heterocycles. The number of rotatable bonds is 5. The number of allylic oxidation sites excluding steroid dienone is 1. The quantitative estimate of drug-likeness (QED) is 0.496. The number of benzene rings is 2. The highest BCUT2D eigenvalue weighted by atomic mass is 16.2. The van der Waals surface area contributed by atoms with Crippen molar-refractivity contribution in [3.05, 3.63) is 77.4 Å². The van der Waals surface area contributed by atoms with E-state index in [9.17, 15) is 14.9 Å². The van der Waals surface area contributed by atoms with Gasteiger partial charge in [0.05, 0.1) is 0 Å². The number of hydrogen-bond donors (Lipinski definition) is 2. The highest BCUT2D eigenvalue weighted by Crippen LogP contribution is 2.44. The number of carbonyl (C=O) groups excluding carboxylic acids is 2. The second kappa shape index (κ2) is 7.02. The number of nitriles is 1. The van der Waals surface area contributed by atoms with Gasteiger partial charge < -0.3 is 5.32 Å². The molecule has 3 rings (SSSR count). The Labute approximate surface area is 150 Å². The van der Waals surface area contributed by atoms with Crippen molar-refractivity contribution in [1.82, 2.24) is 0 Å². The maximum atomic E-state index is 12.7. The molecule has 2 aromatic carbocycles. The molecule has 0 spiro atoms. The van der Waals surface area contributed by atoms with E-state index in [2.05, 4.69) is 11.2 Å². The number of carbonyl (C=O) groups is 2. The van der Waals surface area contributed by atoms with E-state index in [1.807, 2.05) is 36.4 Å². The molecule has 1 amide bonds. The predicted octanol–water partition coefficient (Wildman–Crippen LogP) is 3.25. The Bertz CT molecular complexity index is 995. The maximum absolute atomic E-state index is 12.7. The van der Waals surface area contributed by atoms with Crippen molar-refractivity contribution in [1.29, 1.82) is 10.7 Å². The van der Waals surface area contributed by atoms with Crippen LogP contribution >= 0.6 is 0 Å². The first kappa shape index (κ1) is 17.1. The molecule has 0 saturated carbocycles. The fourth-order valence-electron chi connectivity index (χ4n) is 3.13. The lowest BCUT2D eigenvalue weighted by Crippen LogP contribution is -2.38. The Morgan fingerprint density at radius 2 is 1.85 bits per heavy atom. The Hall–Kier alpha value is -3.74. The molecule has 0 radical (unpaired) electrons. The van der Waals surface area contributed by atoms with E-state index in [-0.39, 0.29) is 17.8 Å². The van der Waals surface area contributed by atoms with Gasteiger partial charge in [-0.15, -0.1) is 0 Å². The minimum atomic E-state index is -1.52. The van der Waals surface area contributed by atoms with E-state index in [0.29, 0.717) is 11.3 Å². The highest BCUT2D eigenvalue weighted by molar-refractivity contribution is 6.13. The molecule has 1 heterocycles. The summed E-state index contributed by atoms with van der Waals surface area (Å²) < 4.78 is 0. The number of nitrogens with one attached hydrogen (secondary N) is 2. The molecular weight excluding hydrogens is 326 g/mol. The fraction of sp³-hybridized carbons (Fsp3) is 0.0952. The number of fused-ring (bicyclic) bond motifs is 1. The molecule has 5 nitrogen and oxygen atoms in total. The van der Waals surface area contributed by atoms with E-state index in [0.717, 1.165) is 5.56 Å². The van der Waals surface area contributed by atoms with Crippen molar-refractivity contribution >= 4 is 29.3 Å². The molecule has 1 atom stereocenters. The lowest BCUT2D eigenvalue weighted by Gasteiger charge is -2.24. The topological polar surface area (TPSA) is 93.8 Å². The van der Waals surface area contributed by atoms with Gasteiger partial charge in [0.1, 0.15) is 17.1 Å². The maximum Gasteiger partial charge on any atom is 0.241 e. The van der Waals surface area contributed by atoms with Gasteiger partial charge in [-0.1, -0.05) is 54.6 Å². The summed E-state index contributed by atoms with van der Waals surface area (Å²) in [6, 6.07) is 18.1. The van der Waals surface area contributed by atoms with Crippen LogP contribution in [0.4, 0.5) is 5.69 Å². The van der Waals surface area contributed by atoms with Gasteiger partial charge in [0, 0.05) is 12.1 Å². The predicted molar refractivity (Wildman–Crippen MR) is 98.7 cm³/mol. The monoisotopic (exact) mass is 341 g/mol. The smallest absolute Gasteiger partial charge is 0.241 e. The summed E-state index contributed by atoms with van der Waals surface area (Å²) in [5.41, 5.74) is 0.212. The Morgan fingerprint density at radius 1 is 1.15 bits per heavy atom. The molecular formula is C21H15N3O2. The highest BCUT2D eigenvalue weighted by Gasteiger charge is 2.51. The molecule has 0 aliphatic carbocycles. The Kier molecular flexibility index (Phi) is 4.62. The van der Waals surface area contributed by atoms with E-state index in [1.54, 1.807) is 30.3 Å². The number of hydrogen-bond acceptors (Lipinski definition) is 4. The van der Waals surface area contributed by atoms with Crippen LogP contribution in [0.5, 0.6) is 0 Å². The number of para-hydroxylation sites is 1. The molecule has 5 heteroatoms. The molecule has 0 bridgehead atoms.